The molecule has 1 aromatic rings. The molecule has 1 heterocycles. The average molecular weight is 316 g/mol. The Morgan fingerprint density at radius 3 is 3.00 bits per heavy atom. The Balaban J connectivity index is 2.03. The number of aliphatic hydroxyl groups is 1. The lowest BCUT2D eigenvalue weighted by Gasteiger charge is -2.36. The van der Waals surface area contributed by atoms with Gasteiger partial charge in [0.15, 0.2) is 0 Å². The summed E-state index contributed by atoms with van der Waals surface area (Å²) >= 11 is 3.30. The van der Waals surface area contributed by atoms with E-state index in [1.807, 2.05) is 6.07 Å². The third-order valence-electron chi connectivity index (χ3n) is 3.73. The van der Waals surface area contributed by atoms with Crippen LogP contribution in [0.1, 0.15) is 25.3 Å². The first kappa shape index (κ1) is 14.0. The zero-order valence-corrected chi connectivity index (χ0v) is 12.2. The number of hydrogen-bond donors (Lipinski definition) is 1. The Bertz CT molecular complexity index is 413. The average Bonchev–Trinajstić information content (AvgIpc) is 2.37. The predicted molar refractivity (Wildman–Crippen MR) is 73.8 cm³/mol. The summed E-state index contributed by atoms with van der Waals surface area (Å²) in [4.78, 5) is 2.29. The van der Waals surface area contributed by atoms with E-state index in [1.165, 1.54) is 6.07 Å². The SMILES string of the molecule is CCC1CN(Cc2cccc(F)c2Br)CCC1O. The van der Waals surface area contributed by atoms with Gasteiger partial charge in [-0.25, -0.2) is 4.39 Å². The van der Waals surface area contributed by atoms with E-state index in [1.54, 1.807) is 6.07 Å². The molecule has 0 aromatic heterocycles. The van der Waals surface area contributed by atoms with Crippen molar-refractivity contribution in [3.05, 3.63) is 34.1 Å². The molecule has 0 spiro atoms. The Kier molecular flexibility index (Phi) is 4.76. The summed E-state index contributed by atoms with van der Waals surface area (Å²) in [6.45, 7) is 4.61. The maximum atomic E-state index is 13.4. The van der Waals surface area contributed by atoms with E-state index >= 15 is 0 Å². The van der Waals surface area contributed by atoms with Crippen LogP contribution in [-0.4, -0.2) is 29.2 Å². The van der Waals surface area contributed by atoms with Crippen molar-refractivity contribution in [2.24, 2.45) is 5.92 Å². The van der Waals surface area contributed by atoms with E-state index in [9.17, 15) is 9.50 Å². The second-order valence-corrected chi connectivity index (χ2v) is 5.77. The maximum Gasteiger partial charge on any atom is 0.137 e. The molecule has 18 heavy (non-hydrogen) atoms. The van der Waals surface area contributed by atoms with Crippen molar-refractivity contribution in [3.63, 3.8) is 0 Å². The maximum absolute atomic E-state index is 13.4. The van der Waals surface area contributed by atoms with Gasteiger partial charge in [-0.1, -0.05) is 19.1 Å². The van der Waals surface area contributed by atoms with Crippen molar-refractivity contribution in [1.82, 2.24) is 4.90 Å². The molecule has 100 valence electrons. The van der Waals surface area contributed by atoms with Gasteiger partial charge in [-0.15, -0.1) is 0 Å². The quantitative estimate of drug-likeness (QED) is 0.926. The van der Waals surface area contributed by atoms with Crippen LogP contribution in [0.4, 0.5) is 4.39 Å². The van der Waals surface area contributed by atoms with Gasteiger partial charge in [0.25, 0.3) is 0 Å². The van der Waals surface area contributed by atoms with Crippen LogP contribution >= 0.6 is 15.9 Å². The fourth-order valence-corrected chi connectivity index (χ4v) is 2.94. The van der Waals surface area contributed by atoms with E-state index in [-0.39, 0.29) is 11.9 Å². The summed E-state index contributed by atoms with van der Waals surface area (Å²) in [7, 11) is 0. The first-order chi connectivity index (χ1) is 8.61. The van der Waals surface area contributed by atoms with Crippen LogP contribution in [0.5, 0.6) is 0 Å². The molecule has 2 unspecified atom stereocenters. The Morgan fingerprint density at radius 2 is 2.28 bits per heavy atom. The fraction of sp³-hybridized carbons (Fsp3) is 0.571. The molecule has 2 nitrogen and oxygen atoms in total. The molecule has 1 saturated heterocycles. The normalized spacial score (nSPS) is 25.3. The van der Waals surface area contributed by atoms with Crippen molar-refractivity contribution < 1.29 is 9.50 Å². The Morgan fingerprint density at radius 1 is 1.50 bits per heavy atom. The molecule has 0 bridgehead atoms. The Hall–Kier alpha value is -0.450. The van der Waals surface area contributed by atoms with Gasteiger partial charge < -0.3 is 5.11 Å². The molecule has 0 radical (unpaired) electrons. The minimum absolute atomic E-state index is 0.179. The van der Waals surface area contributed by atoms with Gasteiger partial charge >= 0.3 is 0 Å². The molecule has 0 saturated carbocycles. The van der Waals surface area contributed by atoms with Crippen LogP contribution < -0.4 is 0 Å². The number of halogens is 2. The van der Waals surface area contributed by atoms with E-state index in [4.69, 9.17) is 0 Å². The van der Waals surface area contributed by atoms with Crippen molar-refractivity contribution in [2.75, 3.05) is 13.1 Å². The highest BCUT2D eigenvalue weighted by Crippen LogP contribution is 2.25. The van der Waals surface area contributed by atoms with Crippen LogP contribution in [0.2, 0.25) is 0 Å². The summed E-state index contributed by atoms with van der Waals surface area (Å²) in [6, 6.07) is 5.15. The highest BCUT2D eigenvalue weighted by Gasteiger charge is 2.26. The molecule has 1 aliphatic heterocycles. The molecule has 1 fully saturated rings. The van der Waals surface area contributed by atoms with Gasteiger partial charge in [-0.05, 0) is 46.3 Å². The molecular formula is C14H19BrFNO. The van der Waals surface area contributed by atoms with Crippen LogP contribution in [0.25, 0.3) is 0 Å². The summed E-state index contributed by atoms with van der Waals surface area (Å²) < 4.78 is 14.0. The number of nitrogens with zero attached hydrogens (tertiary/aromatic N) is 1. The first-order valence-electron chi connectivity index (χ1n) is 6.45. The summed E-state index contributed by atoms with van der Waals surface area (Å²) in [5, 5.41) is 9.86. The minimum atomic E-state index is -0.211. The molecule has 2 rings (SSSR count). The standard InChI is InChI=1S/C14H19BrFNO/c1-2-10-8-17(7-6-13(10)18)9-11-4-3-5-12(16)14(11)15/h3-5,10,13,18H,2,6-9H2,1H3. The van der Waals surface area contributed by atoms with Gasteiger partial charge in [0.05, 0.1) is 10.6 Å². The number of piperidine rings is 1. The van der Waals surface area contributed by atoms with Crippen molar-refractivity contribution in [1.29, 1.82) is 0 Å². The highest BCUT2D eigenvalue weighted by atomic mass is 79.9. The van der Waals surface area contributed by atoms with Gasteiger partial charge in [0.1, 0.15) is 5.82 Å². The smallest absolute Gasteiger partial charge is 0.137 e. The Labute approximate surface area is 116 Å². The second-order valence-electron chi connectivity index (χ2n) is 4.97. The van der Waals surface area contributed by atoms with Gasteiger partial charge in [-0.3, -0.25) is 4.90 Å². The van der Waals surface area contributed by atoms with Crippen LogP contribution in [0.3, 0.4) is 0 Å². The second kappa shape index (κ2) is 6.13. The number of likely N-dealkylation sites (tertiary alicyclic amines) is 1. The molecule has 0 amide bonds. The number of aliphatic hydroxyl groups excluding tert-OH is 1. The van der Waals surface area contributed by atoms with Gasteiger partial charge in [0.2, 0.25) is 0 Å². The lowest BCUT2D eigenvalue weighted by Crippen LogP contribution is -2.42. The first-order valence-corrected chi connectivity index (χ1v) is 7.24. The summed E-state index contributed by atoms with van der Waals surface area (Å²) in [5.74, 6) is 0.127. The third kappa shape index (κ3) is 3.11. The number of hydrogen-bond acceptors (Lipinski definition) is 2. The number of rotatable bonds is 3. The highest BCUT2D eigenvalue weighted by molar-refractivity contribution is 9.10. The van der Waals surface area contributed by atoms with E-state index in [2.05, 4.69) is 27.8 Å². The lowest BCUT2D eigenvalue weighted by molar-refractivity contribution is 0.0221. The van der Waals surface area contributed by atoms with Crippen LogP contribution in [0.15, 0.2) is 22.7 Å². The van der Waals surface area contributed by atoms with Crippen LogP contribution in [-0.2, 0) is 6.54 Å². The van der Waals surface area contributed by atoms with Crippen molar-refractivity contribution >= 4 is 15.9 Å². The van der Waals surface area contributed by atoms with E-state index in [0.29, 0.717) is 10.4 Å². The molecule has 1 aromatic carbocycles. The fourth-order valence-electron chi connectivity index (χ4n) is 2.55. The minimum Gasteiger partial charge on any atom is -0.393 e. The van der Waals surface area contributed by atoms with Crippen molar-refractivity contribution in [3.8, 4) is 0 Å². The van der Waals surface area contributed by atoms with Crippen LogP contribution in [0, 0.1) is 11.7 Å². The molecule has 4 heteroatoms. The van der Waals surface area contributed by atoms with E-state index in [0.717, 1.165) is 38.0 Å². The molecular weight excluding hydrogens is 297 g/mol. The largest absolute Gasteiger partial charge is 0.393 e. The lowest BCUT2D eigenvalue weighted by atomic mass is 9.92. The monoisotopic (exact) mass is 315 g/mol. The molecule has 1 aliphatic rings. The zero-order valence-electron chi connectivity index (χ0n) is 10.6. The van der Waals surface area contributed by atoms with Gasteiger partial charge in [-0.2, -0.15) is 0 Å². The zero-order chi connectivity index (χ0) is 13.1. The number of benzene rings is 1. The topological polar surface area (TPSA) is 23.5 Å². The third-order valence-corrected chi connectivity index (χ3v) is 4.62. The molecule has 1 N–H and O–H groups in total. The van der Waals surface area contributed by atoms with Gasteiger partial charge in [0, 0.05) is 19.6 Å². The predicted octanol–water partition coefficient (Wildman–Crippen LogP) is 3.18. The van der Waals surface area contributed by atoms with Crippen molar-refractivity contribution in [2.45, 2.75) is 32.4 Å². The summed E-state index contributed by atoms with van der Waals surface area (Å²) in [5.41, 5.74) is 0.973. The molecule has 0 aliphatic carbocycles. The molecule has 2 atom stereocenters. The summed E-state index contributed by atoms with van der Waals surface area (Å²) in [6.07, 6.45) is 1.62. The van der Waals surface area contributed by atoms with E-state index < -0.39 is 0 Å².